The molecule has 8 nitrogen and oxygen atoms in total. The second kappa shape index (κ2) is 5.85. The highest BCUT2D eigenvalue weighted by Crippen LogP contribution is 2.29. The summed E-state index contributed by atoms with van der Waals surface area (Å²) in [7, 11) is 0. The Hall–Kier alpha value is -2.51. The van der Waals surface area contributed by atoms with Crippen LogP contribution in [0.5, 0.6) is 0 Å². The molecular weight excluding hydrogens is 304 g/mol. The number of nitrogens with one attached hydrogen (secondary N) is 1. The van der Waals surface area contributed by atoms with E-state index in [2.05, 4.69) is 55.1 Å². The number of nitrogens with zero attached hydrogens (tertiary/aromatic N) is 7. The van der Waals surface area contributed by atoms with Crippen LogP contribution < -0.4 is 4.90 Å². The molecule has 3 aromatic heterocycles. The predicted molar refractivity (Wildman–Crippen MR) is 90.2 cm³/mol. The molecule has 1 aliphatic heterocycles. The van der Waals surface area contributed by atoms with Gasteiger partial charge in [0.2, 0.25) is 0 Å². The highest BCUT2D eigenvalue weighted by Gasteiger charge is 2.26. The fraction of sp³-hybridized carbons (Fsp3) is 0.562. The number of H-pyrrole nitrogens is 1. The lowest BCUT2D eigenvalue weighted by atomic mass is 9.97. The summed E-state index contributed by atoms with van der Waals surface area (Å²) in [6.07, 6.45) is 3.78. The molecule has 1 unspecified atom stereocenters. The first-order chi connectivity index (χ1) is 11.6. The summed E-state index contributed by atoms with van der Waals surface area (Å²) in [6, 6.07) is 2.14. The maximum Gasteiger partial charge on any atom is 0.254 e. The average molecular weight is 326 g/mol. The minimum atomic E-state index is 0.331. The first-order valence-corrected chi connectivity index (χ1v) is 8.46. The zero-order valence-corrected chi connectivity index (χ0v) is 14.3. The monoisotopic (exact) mass is 326 g/mol. The lowest BCUT2D eigenvalue weighted by Crippen LogP contribution is -2.36. The van der Waals surface area contributed by atoms with Crippen LogP contribution in [-0.2, 0) is 0 Å². The SMILES string of the molecule is Cc1nc(C2CCCN(c3cc(C(C)C)nc4ncnn34)C2)n[nH]1. The molecule has 8 heteroatoms. The molecule has 1 aliphatic rings. The lowest BCUT2D eigenvalue weighted by molar-refractivity contribution is 0.486. The van der Waals surface area contributed by atoms with Gasteiger partial charge in [0, 0.05) is 25.1 Å². The van der Waals surface area contributed by atoms with Crippen LogP contribution in [0.15, 0.2) is 12.4 Å². The zero-order chi connectivity index (χ0) is 16.7. The minimum absolute atomic E-state index is 0.331. The van der Waals surface area contributed by atoms with Crippen LogP contribution in [0, 0.1) is 6.92 Å². The van der Waals surface area contributed by atoms with Gasteiger partial charge in [-0.3, -0.25) is 5.10 Å². The number of fused-ring (bicyclic) bond motifs is 1. The molecule has 4 rings (SSSR count). The molecule has 0 aliphatic carbocycles. The maximum absolute atomic E-state index is 4.60. The topological polar surface area (TPSA) is 87.9 Å². The van der Waals surface area contributed by atoms with Crippen LogP contribution in [-0.4, -0.2) is 47.9 Å². The summed E-state index contributed by atoms with van der Waals surface area (Å²) < 4.78 is 1.83. The Morgan fingerprint density at radius 2 is 2.17 bits per heavy atom. The summed E-state index contributed by atoms with van der Waals surface area (Å²) in [5.41, 5.74) is 1.04. The number of piperidine rings is 1. The van der Waals surface area contributed by atoms with E-state index in [1.807, 2.05) is 11.4 Å². The van der Waals surface area contributed by atoms with E-state index in [1.54, 1.807) is 6.33 Å². The molecule has 4 heterocycles. The molecule has 1 atom stereocenters. The Kier molecular flexibility index (Phi) is 3.66. The van der Waals surface area contributed by atoms with Crippen molar-refractivity contribution in [2.75, 3.05) is 18.0 Å². The Morgan fingerprint density at radius 1 is 1.29 bits per heavy atom. The highest BCUT2D eigenvalue weighted by molar-refractivity contribution is 5.48. The van der Waals surface area contributed by atoms with E-state index in [-0.39, 0.29) is 0 Å². The molecule has 126 valence electrons. The van der Waals surface area contributed by atoms with Gasteiger partial charge >= 0.3 is 0 Å². The second-order valence-electron chi connectivity index (χ2n) is 6.73. The fourth-order valence-electron chi connectivity index (χ4n) is 3.27. The van der Waals surface area contributed by atoms with Gasteiger partial charge in [-0.2, -0.15) is 19.7 Å². The van der Waals surface area contributed by atoms with Gasteiger partial charge in [-0.25, -0.2) is 9.97 Å². The molecule has 0 spiro atoms. The molecule has 1 saturated heterocycles. The van der Waals surface area contributed by atoms with E-state index in [0.717, 1.165) is 49.1 Å². The Labute approximate surface area is 140 Å². The molecule has 0 amide bonds. The molecule has 3 aromatic rings. The fourth-order valence-corrected chi connectivity index (χ4v) is 3.27. The van der Waals surface area contributed by atoms with Crippen LogP contribution in [0.1, 0.15) is 55.9 Å². The van der Waals surface area contributed by atoms with E-state index >= 15 is 0 Å². The normalized spacial score (nSPS) is 18.7. The van der Waals surface area contributed by atoms with Crippen molar-refractivity contribution in [1.29, 1.82) is 0 Å². The van der Waals surface area contributed by atoms with Gasteiger partial charge in [0.25, 0.3) is 5.78 Å². The molecule has 24 heavy (non-hydrogen) atoms. The van der Waals surface area contributed by atoms with Gasteiger partial charge in [-0.15, -0.1) is 0 Å². The van der Waals surface area contributed by atoms with Crippen molar-refractivity contribution in [3.63, 3.8) is 0 Å². The van der Waals surface area contributed by atoms with Crippen LogP contribution >= 0.6 is 0 Å². The number of rotatable bonds is 3. The van der Waals surface area contributed by atoms with Crippen molar-refractivity contribution in [2.24, 2.45) is 0 Å². The Morgan fingerprint density at radius 3 is 2.92 bits per heavy atom. The highest BCUT2D eigenvalue weighted by atomic mass is 15.4. The van der Waals surface area contributed by atoms with E-state index in [1.165, 1.54) is 0 Å². The van der Waals surface area contributed by atoms with Crippen LogP contribution in [0.25, 0.3) is 5.78 Å². The third-order valence-electron chi connectivity index (χ3n) is 4.57. The van der Waals surface area contributed by atoms with E-state index < -0.39 is 0 Å². The van der Waals surface area contributed by atoms with Gasteiger partial charge < -0.3 is 4.90 Å². The quantitative estimate of drug-likeness (QED) is 0.792. The average Bonchev–Trinajstić information content (AvgIpc) is 3.22. The minimum Gasteiger partial charge on any atom is -0.356 e. The van der Waals surface area contributed by atoms with Crippen molar-refractivity contribution in [2.45, 2.75) is 45.4 Å². The van der Waals surface area contributed by atoms with Crippen molar-refractivity contribution in [1.82, 2.24) is 34.8 Å². The van der Waals surface area contributed by atoms with Crippen molar-refractivity contribution in [3.05, 3.63) is 29.7 Å². The third-order valence-corrected chi connectivity index (χ3v) is 4.57. The molecule has 0 radical (unpaired) electrons. The van der Waals surface area contributed by atoms with Gasteiger partial charge in [-0.1, -0.05) is 13.8 Å². The van der Waals surface area contributed by atoms with Crippen LogP contribution in [0.4, 0.5) is 5.82 Å². The number of aromatic nitrogens is 7. The van der Waals surface area contributed by atoms with Gasteiger partial charge in [-0.05, 0) is 25.7 Å². The predicted octanol–water partition coefficient (Wildman–Crippen LogP) is 2.06. The van der Waals surface area contributed by atoms with Crippen LogP contribution in [0.2, 0.25) is 0 Å². The standard InChI is InChI=1S/C16H22N8/c1-10(2)13-7-14(24-16(20-13)17-9-18-24)23-6-4-5-12(8-23)15-19-11(3)21-22-15/h7,9-10,12H,4-6,8H2,1-3H3,(H,19,21,22). The Balaban J connectivity index is 1.69. The summed E-state index contributed by atoms with van der Waals surface area (Å²) in [4.78, 5) is 15.8. The van der Waals surface area contributed by atoms with Gasteiger partial charge in [0.05, 0.1) is 5.69 Å². The third kappa shape index (κ3) is 2.61. The van der Waals surface area contributed by atoms with Crippen molar-refractivity contribution in [3.8, 4) is 0 Å². The number of aryl methyl sites for hydroxylation is 1. The zero-order valence-electron chi connectivity index (χ0n) is 14.3. The molecule has 0 bridgehead atoms. The first kappa shape index (κ1) is 15.0. The largest absolute Gasteiger partial charge is 0.356 e. The number of hydrogen-bond acceptors (Lipinski definition) is 6. The summed E-state index contributed by atoms with van der Waals surface area (Å²) in [5.74, 6) is 4.17. The van der Waals surface area contributed by atoms with Gasteiger partial charge in [0.1, 0.15) is 18.0 Å². The number of aromatic amines is 1. The first-order valence-electron chi connectivity index (χ1n) is 8.46. The summed E-state index contributed by atoms with van der Waals surface area (Å²) >= 11 is 0. The Bertz CT molecular complexity index is 849. The smallest absolute Gasteiger partial charge is 0.254 e. The number of hydrogen-bond donors (Lipinski definition) is 1. The van der Waals surface area contributed by atoms with E-state index in [0.29, 0.717) is 17.6 Å². The summed E-state index contributed by atoms with van der Waals surface area (Å²) in [6.45, 7) is 8.11. The summed E-state index contributed by atoms with van der Waals surface area (Å²) in [5, 5.41) is 11.7. The van der Waals surface area contributed by atoms with E-state index in [4.69, 9.17) is 0 Å². The lowest BCUT2D eigenvalue weighted by Gasteiger charge is -2.33. The molecule has 0 aromatic carbocycles. The molecule has 0 saturated carbocycles. The van der Waals surface area contributed by atoms with Crippen molar-refractivity contribution >= 4 is 11.6 Å². The molecule has 1 fully saturated rings. The number of anilines is 1. The van der Waals surface area contributed by atoms with E-state index in [9.17, 15) is 0 Å². The van der Waals surface area contributed by atoms with Gasteiger partial charge in [0.15, 0.2) is 5.82 Å². The molecule has 1 N–H and O–H groups in total. The van der Waals surface area contributed by atoms with Crippen molar-refractivity contribution < 1.29 is 0 Å². The second-order valence-corrected chi connectivity index (χ2v) is 6.73. The van der Waals surface area contributed by atoms with Crippen LogP contribution in [0.3, 0.4) is 0 Å². The maximum atomic E-state index is 4.60. The molecular formula is C16H22N8.